The molecule has 2 amide bonds. The van der Waals surface area contributed by atoms with Crippen LogP contribution in [0.4, 0.5) is 10.5 Å². The monoisotopic (exact) mass is 276 g/mol. The van der Waals surface area contributed by atoms with Crippen molar-refractivity contribution < 1.29 is 9.90 Å². The minimum Gasteiger partial charge on any atom is -0.388 e. The van der Waals surface area contributed by atoms with E-state index < -0.39 is 5.60 Å². The molecule has 0 aliphatic heterocycles. The quantitative estimate of drug-likeness (QED) is 0.794. The van der Waals surface area contributed by atoms with Crippen LogP contribution < -0.4 is 10.6 Å². The van der Waals surface area contributed by atoms with Crippen LogP contribution in [-0.2, 0) is 0 Å². The van der Waals surface area contributed by atoms with E-state index in [2.05, 4.69) is 17.6 Å². The molecule has 1 aromatic rings. The van der Waals surface area contributed by atoms with Gasteiger partial charge in [-0.15, -0.1) is 0 Å². The fourth-order valence-corrected chi connectivity index (χ4v) is 2.94. The van der Waals surface area contributed by atoms with Crippen molar-refractivity contribution in [1.82, 2.24) is 5.32 Å². The molecular formula is C16H24N2O2. The van der Waals surface area contributed by atoms with E-state index in [-0.39, 0.29) is 6.03 Å². The fraction of sp³-hybridized carbons (Fsp3) is 0.562. The number of aliphatic hydroxyl groups is 1. The molecule has 2 atom stereocenters. The van der Waals surface area contributed by atoms with Gasteiger partial charge in [0.05, 0.1) is 5.60 Å². The lowest BCUT2D eigenvalue weighted by molar-refractivity contribution is -0.00920. The molecule has 3 N–H and O–H groups in total. The van der Waals surface area contributed by atoms with Crippen LogP contribution in [0.25, 0.3) is 0 Å². The van der Waals surface area contributed by atoms with Gasteiger partial charge < -0.3 is 15.7 Å². The maximum Gasteiger partial charge on any atom is 0.319 e. The SMILES string of the molecule is Cc1cccc(NC(=O)NCC2(O)CCCC(C)C2)c1. The molecule has 4 heteroatoms. The number of benzene rings is 1. The molecule has 110 valence electrons. The van der Waals surface area contributed by atoms with Crippen LogP contribution in [0.1, 0.15) is 38.2 Å². The molecule has 1 saturated carbocycles. The Bertz CT molecular complexity index is 475. The highest BCUT2D eigenvalue weighted by Gasteiger charge is 2.32. The molecule has 0 saturated heterocycles. The van der Waals surface area contributed by atoms with Crippen LogP contribution in [0.2, 0.25) is 0 Å². The Morgan fingerprint density at radius 2 is 2.30 bits per heavy atom. The number of carbonyl (C=O) groups excluding carboxylic acids is 1. The Morgan fingerprint density at radius 1 is 1.50 bits per heavy atom. The van der Waals surface area contributed by atoms with Crippen molar-refractivity contribution >= 4 is 11.7 Å². The first-order valence-electron chi connectivity index (χ1n) is 7.31. The summed E-state index contributed by atoms with van der Waals surface area (Å²) < 4.78 is 0. The molecule has 0 spiro atoms. The molecular weight excluding hydrogens is 252 g/mol. The topological polar surface area (TPSA) is 61.4 Å². The highest BCUT2D eigenvalue weighted by Crippen LogP contribution is 2.31. The number of anilines is 1. The number of aryl methyl sites for hydroxylation is 1. The van der Waals surface area contributed by atoms with Gasteiger partial charge in [-0.05, 0) is 43.4 Å². The van der Waals surface area contributed by atoms with E-state index in [0.717, 1.165) is 36.9 Å². The number of carbonyl (C=O) groups is 1. The van der Waals surface area contributed by atoms with Gasteiger partial charge in [-0.1, -0.05) is 31.9 Å². The lowest BCUT2D eigenvalue weighted by atomic mass is 9.79. The van der Waals surface area contributed by atoms with Gasteiger partial charge in [-0.3, -0.25) is 0 Å². The lowest BCUT2D eigenvalue weighted by Gasteiger charge is -2.35. The normalized spacial score (nSPS) is 26.1. The largest absolute Gasteiger partial charge is 0.388 e. The summed E-state index contributed by atoms with van der Waals surface area (Å²) in [5.74, 6) is 0.524. The van der Waals surface area contributed by atoms with E-state index >= 15 is 0 Å². The Balaban J connectivity index is 1.83. The summed E-state index contributed by atoms with van der Waals surface area (Å²) in [7, 11) is 0. The zero-order chi connectivity index (χ0) is 14.6. The smallest absolute Gasteiger partial charge is 0.319 e. The zero-order valence-electron chi connectivity index (χ0n) is 12.3. The number of nitrogens with one attached hydrogen (secondary N) is 2. The molecule has 1 fully saturated rings. The Labute approximate surface area is 120 Å². The Kier molecular flexibility index (Phi) is 4.65. The molecule has 1 aliphatic carbocycles. The van der Waals surface area contributed by atoms with E-state index in [1.165, 1.54) is 0 Å². The molecule has 0 bridgehead atoms. The number of urea groups is 1. The van der Waals surface area contributed by atoms with Crippen LogP contribution in [0, 0.1) is 12.8 Å². The third-order valence-electron chi connectivity index (χ3n) is 3.92. The minimum atomic E-state index is -0.748. The second-order valence-corrected chi connectivity index (χ2v) is 6.10. The summed E-state index contributed by atoms with van der Waals surface area (Å²) in [5, 5.41) is 16.0. The summed E-state index contributed by atoms with van der Waals surface area (Å²) >= 11 is 0. The van der Waals surface area contributed by atoms with Crippen molar-refractivity contribution in [3.8, 4) is 0 Å². The fourth-order valence-electron chi connectivity index (χ4n) is 2.94. The van der Waals surface area contributed by atoms with Gasteiger partial charge in [0.2, 0.25) is 0 Å². The predicted molar refractivity (Wildman–Crippen MR) is 80.8 cm³/mol. The van der Waals surface area contributed by atoms with Gasteiger partial charge in [0.25, 0.3) is 0 Å². The third-order valence-corrected chi connectivity index (χ3v) is 3.92. The van der Waals surface area contributed by atoms with Crippen molar-refractivity contribution in [3.05, 3.63) is 29.8 Å². The molecule has 4 nitrogen and oxygen atoms in total. The molecule has 1 aliphatic rings. The maximum atomic E-state index is 11.9. The predicted octanol–water partition coefficient (Wildman–Crippen LogP) is 3.06. The minimum absolute atomic E-state index is 0.262. The van der Waals surface area contributed by atoms with Gasteiger partial charge in [-0.25, -0.2) is 4.79 Å². The van der Waals surface area contributed by atoms with Crippen LogP contribution in [0.3, 0.4) is 0 Å². The maximum absolute atomic E-state index is 11.9. The highest BCUT2D eigenvalue weighted by atomic mass is 16.3. The first kappa shape index (κ1) is 14.9. The molecule has 2 unspecified atom stereocenters. The molecule has 2 rings (SSSR count). The van der Waals surface area contributed by atoms with E-state index in [1.54, 1.807) is 0 Å². The van der Waals surface area contributed by atoms with Crippen molar-refractivity contribution in [2.45, 2.75) is 45.1 Å². The summed E-state index contributed by atoms with van der Waals surface area (Å²) in [6.07, 6.45) is 3.72. The lowest BCUT2D eigenvalue weighted by Crippen LogP contribution is -2.46. The Hall–Kier alpha value is -1.55. The summed E-state index contributed by atoms with van der Waals surface area (Å²) in [4.78, 5) is 11.9. The van der Waals surface area contributed by atoms with Crippen molar-refractivity contribution in [2.75, 3.05) is 11.9 Å². The van der Waals surface area contributed by atoms with Crippen molar-refractivity contribution in [2.24, 2.45) is 5.92 Å². The summed E-state index contributed by atoms with van der Waals surface area (Å²) in [6, 6.07) is 7.39. The van der Waals surface area contributed by atoms with Gasteiger partial charge in [0.1, 0.15) is 0 Å². The first-order valence-corrected chi connectivity index (χ1v) is 7.31. The highest BCUT2D eigenvalue weighted by molar-refractivity contribution is 5.89. The Morgan fingerprint density at radius 3 is 3.00 bits per heavy atom. The van der Waals surface area contributed by atoms with Gasteiger partial charge in [0.15, 0.2) is 0 Å². The molecule has 0 aromatic heterocycles. The number of hydrogen-bond acceptors (Lipinski definition) is 2. The van der Waals surface area contributed by atoms with E-state index in [0.29, 0.717) is 12.5 Å². The molecule has 0 heterocycles. The summed E-state index contributed by atoms with van der Waals surface area (Å²) in [6.45, 7) is 4.45. The van der Waals surface area contributed by atoms with E-state index in [4.69, 9.17) is 0 Å². The number of amides is 2. The molecule has 20 heavy (non-hydrogen) atoms. The average molecular weight is 276 g/mol. The third kappa shape index (κ3) is 4.23. The van der Waals surface area contributed by atoms with Crippen LogP contribution >= 0.6 is 0 Å². The van der Waals surface area contributed by atoms with Crippen LogP contribution in [0.5, 0.6) is 0 Å². The first-order chi connectivity index (χ1) is 9.47. The van der Waals surface area contributed by atoms with Crippen LogP contribution in [0.15, 0.2) is 24.3 Å². The van der Waals surface area contributed by atoms with Gasteiger partial charge in [-0.2, -0.15) is 0 Å². The summed E-state index contributed by atoms with van der Waals surface area (Å²) in [5.41, 5.74) is 1.12. The standard InChI is InChI=1S/C16H24N2O2/c1-12-5-3-7-14(9-12)18-15(19)17-11-16(20)8-4-6-13(2)10-16/h3,5,7,9,13,20H,4,6,8,10-11H2,1-2H3,(H2,17,18,19). The second kappa shape index (κ2) is 6.27. The second-order valence-electron chi connectivity index (χ2n) is 6.10. The van der Waals surface area contributed by atoms with Gasteiger partial charge >= 0.3 is 6.03 Å². The van der Waals surface area contributed by atoms with E-state index in [9.17, 15) is 9.90 Å². The number of rotatable bonds is 3. The number of hydrogen-bond donors (Lipinski definition) is 3. The van der Waals surface area contributed by atoms with Crippen LogP contribution in [-0.4, -0.2) is 23.3 Å². The average Bonchev–Trinajstić information content (AvgIpc) is 2.36. The molecule has 0 radical (unpaired) electrons. The van der Waals surface area contributed by atoms with Gasteiger partial charge in [0, 0.05) is 12.2 Å². The van der Waals surface area contributed by atoms with Crippen molar-refractivity contribution in [3.63, 3.8) is 0 Å². The zero-order valence-corrected chi connectivity index (χ0v) is 12.3. The van der Waals surface area contributed by atoms with E-state index in [1.807, 2.05) is 31.2 Å². The molecule has 1 aromatic carbocycles. The van der Waals surface area contributed by atoms with Crippen molar-refractivity contribution in [1.29, 1.82) is 0 Å².